The molecule has 3 heterocycles. The van der Waals surface area contributed by atoms with E-state index in [-0.39, 0.29) is 12.7 Å². The smallest absolute Gasteiger partial charge is 0.251 e. The molecule has 3 N–H and O–H groups in total. The van der Waals surface area contributed by atoms with E-state index in [1.54, 1.807) is 12.3 Å². The molecule has 0 bridgehead atoms. The van der Waals surface area contributed by atoms with E-state index in [0.717, 1.165) is 0 Å². The summed E-state index contributed by atoms with van der Waals surface area (Å²) in [7, 11) is 0. The van der Waals surface area contributed by atoms with E-state index in [9.17, 15) is 0 Å². The zero-order chi connectivity index (χ0) is 12.4. The molecule has 3 rings (SSSR count). The molecule has 0 saturated heterocycles. The van der Waals surface area contributed by atoms with Crippen LogP contribution in [-0.2, 0) is 9.47 Å². The molecule has 0 radical (unpaired) electrons. The third-order valence-corrected chi connectivity index (χ3v) is 2.12. The lowest BCUT2D eigenvalue weighted by atomic mass is 10.6. The Morgan fingerprint density at radius 3 is 3.11 bits per heavy atom. The van der Waals surface area contributed by atoms with Crippen molar-refractivity contribution in [1.82, 2.24) is 24.7 Å². The lowest BCUT2D eigenvalue weighted by molar-refractivity contribution is 0.0822. The van der Waals surface area contributed by atoms with Gasteiger partial charge in [-0.2, -0.15) is 9.67 Å². The molecule has 0 fully saturated rings. The first kappa shape index (κ1) is 10.3. The Kier molecular flexibility index (Phi) is 2.41. The molecule has 0 spiro atoms. The van der Waals surface area contributed by atoms with Crippen LogP contribution in [0.1, 0.15) is 0 Å². The third-order valence-electron chi connectivity index (χ3n) is 2.12. The summed E-state index contributed by atoms with van der Waals surface area (Å²) in [4.78, 5) is 11.9. The van der Waals surface area contributed by atoms with Crippen LogP contribution in [0.3, 0.4) is 0 Å². The number of anilines is 2. The molecule has 0 aromatic carbocycles. The van der Waals surface area contributed by atoms with Crippen molar-refractivity contribution in [3.63, 3.8) is 0 Å². The first-order valence-electron chi connectivity index (χ1n) is 5.03. The summed E-state index contributed by atoms with van der Waals surface area (Å²) < 4.78 is 11.4. The fourth-order valence-corrected chi connectivity index (χ4v) is 1.37. The topological polar surface area (TPSA) is 113 Å². The van der Waals surface area contributed by atoms with Crippen molar-refractivity contribution in [3.8, 4) is 5.82 Å². The van der Waals surface area contributed by atoms with Crippen LogP contribution in [0, 0.1) is 0 Å². The molecule has 9 heteroatoms. The maximum atomic E-state index is 5.75. The molecule has 92 valence electrons. The predicted octanol–water partition coefficient (Wildman–Crippen LogP) is -0.145. The molecular formula is C9H9N7O2. The average Bonchev–Trinajstić information content (AvgIpc) is 3.01. The Morgan fingerprint density at radius 1 is 1.44 bits per heavy atom. The zero-order valence-electron chi connectivity index (χ0n) is 9.15. The van der Waals surface area contributed by atoms with Crippen molar-refractivity contribution in [1.29, 1.82) is 0 Å². The summed E-state index contributed by atoms with van der Waals surface area (Å²) in [5, 5.41) is 6.97. The van der Waals surface area contributed by atoms with Gasteiger partial charge in [-0.3, -0.25) is 5.32 Å². The maximum Gasteiger partial charge on any atom is 0.251 e. The van der Waals surface area contributed by atoms with Crippen molar-refractivity contribution < 1.29 is 9.47 Å². The highest BCUT2D eigenvalue weighted by Gasteiger charge is 2.13. The molecule has 18 heavy (non-hydrogen) atoms. The van der Waals surface area contributed by atoms with E-state index in [1.807, 2.05) is 0 Å². The molecule has 0 unspecified atom stereocenters. The summed E-state index contributed by atoms with van der Waals surface area (Å²) in [6.07, 6.45) is 4.43. The quantitative estimate of drug-likeness (QED) is 0.770. The average molecular weight is 247 g/mol. The number of nitrogen functional groups attached to an aromatic ring is 1. The maximum absolute atomic E-state index is 5.75. The minimum Gasteiger partial charge on any atom is -0.459 e. The van der Waals surface area contributed by atoms with Crippen LogP contribution in [0.4, 0.5) is 11.9 Å². The lowest BCUT2D eigenvalue weighted by Gasteiger charge is -2.00. The largest absolute Gasteiger partial charge is 0.459 e. The van der Waals surface area contributed by atoms with Crippen molar-refractivity contribution in [2.75, 3.05) is 17.8 Å². The summed E-state index contributed by atoms with van der Waals surface area (Å²) in [5.41, 5.74) is 5.75. The second-order valence-corrected chi connectivity index (χ2v) is 3.31. The summed E-state index contributed by atoms with van der Waals surface area (Å²) in [6, 6.07) is 1.67. The van der Waals surface area contributed by atoms with E-state index < -0.39 is 0 Å². The van der Waals surface area contributed by atoms with Gasteiger partial charge in [0.1, 0.15) is 12.6 Å². The summed E-state index contributed by atoms with van der Waals surface area (Å²) in [5.74, 6) is 1.45. The van der Waals surface area contributed by atoms with Crippen molar-refractivity contribution in [3.05, 3.63) is 30.7 Å². The van der Waals surface area contributed by atoms with Gasteiger partial charge in [0.05, 0.1) is 0 Å². The van der Waals surface area contributed by atoms with E-state index in [4.69, 9.17) is 15.2 Å². The van der Waals surface area contributed by atoms with Gasteiger partial charge < -0.3 is 15.2 Å². The highest BCUT2D eigenvalue weighted by atomic mass is 16.7. The highest BCUT2D eigenvalue weighted by Crippen LogP contribution is 2.14. The van der Waals surface area contributed by atoms with Crippen molar-refractivity contribution >= 4 is 11.9 Å². The zero-order valence-corrected chi connectivity index (χ0v) is 9.15. The molecule has 0 aliphatic carbocycles. The standard InChI is InChI=1S/C9H9N7O2/c10-8-14-9(13-7-3-17-5-18-7)15-16(8)6-1-2-11-4-12-6/h1-4H,5H2,(H3,10,13,14,15). The molecule has 0 atom stereocenters. The fourth-order valence-electron chi connectivity index (χ4n) is 1.37. The Hall–Kier alpha value is -2.84. The van der Waals surface area contributed by atoms with E-state index in [0.29, 0.717) is 17.6 Å². The molecule has 1 aliphatic heterocycles. The van der Waals surface area contributed by atoms with Crippen LogP contribution in [0.5, 0.6) is 0 Å². The van der Waals surface area contributed by atoms with Crippen molar-refractivity contribution in [2.45, 2.75) is 0 Å². The van der Waals surface area contributed by atoms with Crippen LogP contribution in [-0.4, -0.2) is 31.5 Å². The lowest BCUT2D eigenvalue weighted by Crippen LogP contribution is -2.05. The Bertz CT molecular complexity index is 580. The van der Waals surface area contributed by atoms with Crippen LogP contribution in [0.2, 0.25) is 0 Å². The van der Waals surface area contributed by atoms with Gasteiger partial charge in [-0.05, 0) is 0 Å². The second-order valence-electron chi connectivity index (χ2n) is 3.31. The minimum absolute atomic E-state index is 0.171. The molecule has 0 saturated carbocycles. The van der Waals surface area contributed by atoms with Crippen LogP contribution < -0.4 is 11.1 Å². The fraction of sp³-hybridized carbons (Fsp3) is 0.111. The number of nitrogens with two attached hydrogens (primary N) is 1. The Morgan fingerprint density at radius 2 is 2.39 bits per heavy atom. The van der Waals surface area contributed by atoms with E-state index in [1.165, 1.54) is 17.3 Å². The van der Waals surface area contributed by atoms with Crippen molar-refractivity contribution in [2.24, 2.45) is 0 Å². The molecular weight excluding hydrogens is 238 g/mol. The SMILES string of the molecule is Nc1nc(NC2=COCO2)nn1-c1ccncn1. The minimum atomic E-state index is 0.171. The van der Waals surface area contributed by atoms with Crippen LogP contribution in [0.15, 0.2) is 30.7 Å². The number of rotatable bonds is 3. The summed E-state index contributed by atoms with van der Waals surface area (Å²) in [6.45, 7) is 0.171. The highest BCUT2D eigenvalue weighted by molar-refractivity contribution is 5.40. The second kappa shape index (κ2) is 4.20. The van der Waals surface area contributed by atoms with Gasteiger partial charge in [-0.15, -0.1) is 5.10 Å². The number of nitrogens with zero attached hydrogens (tertiary/aromatic N) is 5. The van der Waals surface area contributed by atoms with Gasteiger partial charge in [0, 0.05) is 12.3 Å². The first-order valence-corrected chi connectivity index (χ1v) is 5.03. The Labute approximate surface area is 101 Å². The molecule has 2 aromatic rings. The number of hydrogen-bond donors (Lipinski definition) is 2. The third kappa shape index (κ3) is 1.88. The van der Waals surface area contributed by atoms with Gasteiger partial charge in [-0.25, -0.2) is 9.97 Å². The van der Waals surface area contributed by atoms with Gasteiger partial charge >= 0.3 is 0 Å². The van der Waals surface area contributed by atoms with Gasteiger partial charge in [0.25, 0.3) is 5.95 Å². The molecule has 9 nitrogen and oxygen atoms in total. The van der Waals surface area contributed by atoms with Gasteiger partial charge in [0.15, 0.2) is 5.82 Å². The van der Waals surface area contributed by atoms with Gasteiger partial charge in [0.2, 0.25) is 18.6 Å². The van der Waals surface area contributed by atoms with Crippen LogP contribution >= 0.6 is 0 Å². The molecule has 0 amide bonds. The van der Waals surface area contributed by atoms with Gasteiger partial charge in [-0.1, -0.05) is 0 Å². The van der Waals surface area contributed by atoms with E-state index >= 15 is 0 Å². The first-order chi connectivity index (χ1) is 8.83. The Balaban J connectivity index is 1.86. The predicted molar refractivity (Wildman–Crippen MR) is 60.1 cm³/mol. The number of aromatic nitrogens is 5. The normalized spacial score (nSPS) is 13.7. The number of hydrogen-bond acceptors (Lipinski definition) is 8. The molecule has 1 aliphatic rings. The molecule has 2 aromatic heterocycles. The van der Waals surface area contributed by atoms with Crippen LogP contribution in [0.25, 0.3) is 5.82 Å². The summed E-state index contributed by atoms with van der Waals surface area (Å²) >= 11 is 0. The monoisotopic (exact) mass is 247 g/mol. The number of nitrogens with one attached hydrogen (secondary N) is 1. The van der Waals surface area contributed by atoms with E-state index in [2.05, 4.69) is 25.4 Å². The number of ether oxygens (including phenoxy) is 2.